The van der Waals surface area contributed by atoms with Crippen molar-refractivity contribution in [1.29, 1.82) is 0 Å². The third-order valence-corrected chi connectivity index (χ3v) is 23.6. The van der Waals surface area contributed by atoms with Crippen LogP contribution in [0.15, 0.2) is 59.5 Å². The van der Waals surface area contributed by atoms with Crippen LogP contribution in [0.5, 0.6) is 0 Å². The summed E-state index contributed by atoms with van der Waals surface area (Å²) in [4.78, 5) is 9.13. The Kier molecular flexibility index (Phi) is 8.64. The number of oxazole rings is 1. The molecule has 2 aromatic heterocycles. The van der Waals surface area contributed by atoms with Gasteiger partial charge in [-0.15, -0.1) is 0 Å². The van der Waals surface area contributed by atoms with E-state index in [1.807, 2.05) is 0 Å². The van der Waals surface area contributed by atoms with E-state index in [2.05, 4.69) is 68.2 Å². The molecular weight excluding hydrogens is 531 g/mol. The molecule has 0 bridgehead atoms. The van der Waals surface area contributed by atoms with Gasteiger partial charge in [-0.2, -0.15) is 0 Å². The summed E-state index contributed by atoms with van der Waals surface area (Å²) in [5.74, 6) is 0.797. The van der Waals surface area contributed by atoms with Crippen molar-refractivity contribution in [1.82, 2.24) is 9.97 Å². The third kappa shape index (κ3) is 5.71. The minimum atomic E-state index is -2.43. The zero-order valence-electron chi connectivity index (χ0n) is 20.3. The first-order chi connectivity index (χ1) is 16.2. The van der Waals surface area contributed by atoms with Crippen molar-refractivity contribution in [2.24, 2.45) is 0 Å². The summed E-state index contributed by atoms with van der Waals surface area (Å²) in [6, 6.07) is 15.8. The van der Waals surface area contributed by atoms with Gasteiger partial charge in [-0.1, -0.05) is 0 Å². The van der Waals surface area contributed by atoms with Gasteiger partial charge >= 0.3 is 207 Å². The molecule has 0 radical (unpaired) electrons. The van der Waals surface area contributed by atoms with Crippen LogP contribution in [0.2, 0.25) is 13.3 Å². The van der Waals surface area contributed by atoms with Gasteiger partial charge in [-0.3, -0.25) is 0 Å². The Labute approximate surface area is 206 Å². The number of unbranched alkanes of at least 4 members (excludes halogenated alkanes) is 3. The van der Waals surface area contributed by atoms with Crippen molar-refractivity contribution < 1.29 is 4.42 Å². The standard InChI is InChI=1S/C16H9N2OS.3C4H9.Sn/c1-2-4-15-13(3-1)18-16(20-15)12-7-5-11(6-8-12)14-9-17-10-19-14;3*1-3-4-2;/h2-10H;3*1,3-4H2,2H3;. The van der Waals surface area contributed by atoms with Crippen LogP contribution in [0.1, 0.15) is 59.3 Å². The van der Waals surface area contributed by atoms with E-state index in [9.17, 15) is 0 Å². The molecule has 4 aromatic rings. The molecule has 0 N–H and O–H groups in total. The van der Waals surface area contributed by atoms with Crippen molar-refractivity contribution in [3.8, 4) is 21.9 Å². The summed E-state index contributed by atoms with van der Waals surface area (Å²) in [5, 5.41) is 1.10. The fourth-order valence-electron chi connectivity index (χ4n) is 4.87. The quantitative estimate of drug-likeness (QED) is 0.161. The molecule has 0 fully saturated rings. The molecule has 0 saturated carbocycles. The Hall–Kier alpha value is -1.66. The van der Waals surface area contributed by atoms with Gasteiger partial charge in [0.25, 0.3) is 0 Å². The molecule has 2 aromatic carbocycles. The molecule has 0 aliphatic carbocycles. The van der Waals surface area contributed by atoms with Crippen LogP contribution >= 0.6 is 11.3 Å². The molecule has 0 aliphatic heterocycles. The normalized spacial score (nSPS) is 12.0. The van der Waals surface area contributed by atoms with Crippen LogP contribution in [-0.2, 0) is 0 Å². The Morgan fingerprint density at radius 1 is 0.818 bits per heavy atom. The molecule has 0 saturated heterocycles. The van der Waals surface area contributed by atoms with Gasteiger partial charge in [0.2, 0.25) is 0 Å². The van der Waals surface area contributed by atoms with Gasteiger partial charge in [-0.05, 0) is 0 Å². The van der Waals surface area contributed by atoms with Gasteiger partial charge in [0.15, 0.2) is 0 Å². The second kappa shape index (κ2) is 11.7. The first kappa shape index (κ1) is 24.5. The molecule has 0 spiro atoms. The molecule has 5 heteroatoms. The van der Waals surface area contributed by atoms with Crippen LogP contribution in [0.3, 0.4) is 0 Å². The molecule has 0 amide bonds. The molecule has 0 unspecified atom stereocenters. The molecule has 0 atom stereocenters. The average Bonchev–Trinajstić information content (AvgIpc) is 3.54. The SMILES string of the molecule is CCC[CH2][Sn]([CH2]CCC)([CH2]CCC)[c]1ccc2sc(-c3ccc(-c4cnco4)cc3)nc2c1. The number of hydrogen-bond acceptors (Lipinski definition) is 4. The Morgan fingerprint density at radius 3 is 2.03 bits per heavy atom. The van der Waals surface area contributed by atoms with Crippen LogP contribution in [0, 0.1) is 0 Å². The van der Waals surface area contributed by atoms with E-state index in [1.165, 1.54) is 74.0 Å². The molecule has 2 heterocycles. The summed E-state index contributed by atoms with van der Waals surface area (Å²) in [6.45, 7) is 7.04. The number of benzene rings is 2. The van der Waals surface area contributed by atoms with Crippen molar-refractivity contribution in [2.75, 3.05) is 0 Å². The summed E-state index contributed by atoms with van der Waals surface area (Å²) in [6.07, 6.45) is 11.3. The Bertz CT molecular complexity index is 1110. The monoisotopic (exact) mass is 568 g/mol. The number of hydrogen-bond donors (Lipinski definition) is 0. The van der Waals surface area contributed by atoms with Crippen LogP contribution in [-0.4, -0.2) is 28.3 Å². The molecule has 4 rings (SSSR count). The second-order valence-corrected chi connectivity index (χ2v) is 23.5. The predicted molar refractivity (Wildman–Crippen MR) is 145 cm³/mol. The van der Waals surface area contributed by atoms with E-state index in [-0.39, 0.29) is 0 Å². The van der Waals surface area contributed by atoms with Gasteiger partial charge in [-0.25, -0.2) is 0 Å². The Balaban J connectivity index is 1.66. The zero-order valence-corrected chi connectivity index (χ0v) is 23.9. The van der Waals surface area contributed by atoms with E-state index >= 15 is 0 Å². The third-order valence-electron chi connectivity index (χ3n) is 6.88. The number of thiazole rings is 1. The average molecular weight is 567 g/mol. The molecule has 0 aliphatic rings. The van der Waals surface area contributed by atoms with Crippen molar-refractivity contribution >= 4 is 43.5 Å². The van der Waals surface area contributed by atoms with Gasteiger partial charge in [0.1, 0.15) is 0 Å². The van der Waals surface area contributed by atoms with Crippen molar-refractivity contribution in [2.45, 2.75) is 72.6 Å². The first-order valence-electron chi connectivity index (χ1n) is 12.6. The summed E-state index contributed by atoms with van der Waals surface area (Å²) >= 11 is -0.631. The van der Waals surface area contributed by atoms with E-state index in [4.69, 9.17) is 9.40 Å². The van der Waals surface area contributed by atoms with Crippen molar-refractivity contribution in [3.05, 3.63) is 55.1 Å². The molecule has 174 valence electrons. The molecule has 3 nitrogen and oxygen atoms in total. The summed E-state index contributed by atoms with van der Waals surface area (Å²) in [5.41, 5.74) is 3.40. The fourth-order valence-corrected chi connectivity index (χ4v) is 21.8. The van der Waals surface area contributed by atoms with Gasteiger partial charge < -0.3 is 0 Å². The maximum absolute atomic E-state index is 5.42. The zero-order chi connectivity index (χ0) is 23.1. The van der Waals surface area contributed by atoms with Gasteiger partial charge in [0.05, 0.1) is 0 Å². The second-order valence-electron chi connectivity index (χ2n) is 9.24. The topological polar surface area (TPSA) is 38.9 Å². The van der Waals surface area contributed by atoms with Gasteiger partial charge in [0, 0.05) is 0 Å². The van der Waals surface area contributed by atoms with E-state index in [1.54, 1.807) is 21.1 Å². The molecular formula is C28H36N2OSSn. The predicted octanol–water partition coefficient (Wildman–Crippen LogP) is 8.67. The number of aromatic nitrogens is 2. The summed E-state index contributed by atoms with van der Waals surface area (Å²) in [7, 11) is 0. The van der Waals surface area contributed by atoms with Crippen LogP contribution < -0.4 is 3.58 Å². The summed E-state index contributed by atoms with van der Waals surface area (Å²) < 4.78 is 12.9. The van der Waals surface area contributed by atoms with E-state index < -0.39 is 18.4 Å². The maximum atomic E-state index is 5.42. The number of rotatable bonds is 12. The first-order valence-corrected chi connectivity index (χ1v) is 20.9. The fraction of sp³-hybridized carbons (Fsp3) is 0.429. The minimum absolute atomic E-state index is 0.797. The molecule has 33 heavy (non-hydrogen) atoms. The number of fused-ring (bicyclic) bond motifs is 1. The van der Waals surface area contributed by atoms with E-state index in [0.717, 1.165) is 16.3 Å². The van der Waals surface area contributed by atoms with Crippen molar-refractivity contribution in [3.63, 3.8) is 0 Å². The van der Waals surface area contributed by atoms with Crippen LogP contribution in [0.25, 0.3) is 32.1 Å². The van der Waals surface area contributed by atoms with Crippen LogP contribution in [0.4, 0.5) is 0 Å². The van der Waals surface area contributed by atoms with E-state index in [0.29, 0.717) is 0 Å². The number of nitrogens with zero attached hydrogens (tertiary/aromatic N) is 2. The Morgan fingerprint density at radius 2 is 1.45 bits per heavy atom.